The molecule has 0 amide bonds. The second-order valence-electron chi connectivity index (χ2n) is 3.45. The normalized spacial score (nSPS) is 11.4. The molecule has 0 aromatic heterocycles. The maximum Gasteiger partial charge on any atom is 0.232 e. The summed E-state index contributed by atoms with van der Waals surface area (Å²) in [7, 11) is -3.27. The molecular formula is C10H15ClN2O2S. The zero-order chi connectivity index (χ0) is 12.2. The van der Waals surface area contributed by atoms with E-state index in [1.165, 1.54) is 10.6 Å². The molecule has 4 nitrogen and oxygen atoms in total. The van der Waals surface area contributed by atoms with Crippen molar-refractivity contribution in [1.29, 1.82) is 0 Å². The molecule has 16 heavy (non-hydrogen) atoms. The van der Waals surface area contributed by atoms with Crippen LogP contribution in [0.4, 0.5) is 5.69 Å². The molecule has 1 rings (SSSR count). The molecule has 0 radical (unpaired) electrons. The lowest BCUT2D eigenvalue weighted by Crippen LogP contribution is -2.31. The molecule has 0 bridgehead atoms. The van der Waals surface area contributed by atoms with Gasteiger partial charge in [-0.15, -0.1) is 0 Å². The number of hydrogen-bond acceptors (Lipinski definition) is 3. The van der Waals surface area contributed by atoms with Gasteiger partial charge in [0.05, 0.1) is 11.9 Å². The molecule has 0 atom stereocenters. The van der Waals surface area contributed by atoms with Gasteiger partial charge >= 0.3 is 0 Å². The van der Waals surface area contributed by atoms with Crippen molar-refractivity contribution < 1.29 is 8.42 Å². The maximum atomic E-state index is 11.6. The standard InChI is InChI=1S/C10H15ClN2O2S/c1-16(14,15)13(8-2-7-12)10-5-3-9(11)4-6-10/h3-6H,2,7-8,12H2,1H3. The number of hydrogen-bond donors (Lipinski definition) is 1. The summed E-state index contributed by atoms with van der Waals surface area (Å²) in [6, 6.07) is 6.69. The SMILES string of the molecule is CS(=O)(=O)N(CCCN)c1ccc(Cl)cc1. The van der Waals surface area contributed by atoms with Crippen LogP contribution in [0.25, 0.3) is 0 Å². The van der Waals surface area contributed by atoms with Gasteiger partial charge in [0.1, 0.15) is 0 Å². The smallest absolute Gasteiger partial charge is 0.232 e. The number of nitrogens with two attached hydrogens (primary N) is 1. The second kappa shape index (κ2) is 5.52. The van der Waals surface area contributed by atoms with E-state index in [1.54, 1.807) is 24.3 Å². The van der Waals surface area contributed by atoms with Gasteiger partial charge in [-0.05, 0) is 37.2 Å². The third-order valence-electron chi connectivity index (χ3n) is 2.08. The van der Waals surface area contributed by atoms with E-state index in [0.29, 0.717) is 30.2 Å². The van der Waals surface area contributed by atoms with Gasteiger partial charge in [0.2, 0.25) is 10.0 Å². The number of sulfonamides is 1. The number of halogens is 1. The molecular weight excluding hydrogens is 248 g/mol. The van der Waals surface area contributed by atoms with Crippen LogP contribution in [-0.4, -0.2) is 27.8 Å². The first-order valence-electron chi connectivity index (χ1n) is 4.88. The minimum absolute atomic E-state index is 0.386. The van der Waals surface area contributed by atoms with Crippen LogP contribution in [0.1, 0.15) is 6.42 Å². The Bertz CT molecular complexity index is 431. The van der Waals surface area contributed by atoms with Crippen molar-refractivity contribution in [3.63, 3.8) is 0 Å². The second-order valence-corrected chi connectivity index (χ2v) is 5.80. The Labute approximate surface area is 101 Å². The highest BCUT2D eigenvalue weighted by Gasteiger charge is 2.16. The van der Waals surface area contributed by atoms with E-state index in [0.717, 1.165) is 0 Å². The third kappa shape index (κ3) is 3.66. The zero-order valence-electron chi connectivity index (χ0n) is 9.06. The van der Waals surface area contributed by atoms with Crippen molar-refractivity contribution in [2.24, 2.45) is 5.73 Å². The van der Waals surface area contributed by atoms with E-state index < -0.39 is 10.0 Å². The van der Waals surface area contributed by atoms with Crippen molar-refractivity contribution in [3.05, 3.63) is 29.3 Å². The molecule has 1 aromatic rings. The van der Waals surface area contributed by atoms with E-state index in [-0.39, 0.29) is 0 Å². The number of rotatable bonds is 5. The van der Waals surface area contributed by atoms with Crippen molar-refractivity contribution >= 4 is 27.3 Å². The minimum Gasteiger partial charge on any atom is -0.330 e. The molecule has 0 saturated carbocycles. The quantitative estimate of drug-likeness (QED) is 0.874. The van der Waals surface area contributed by atoms with Crippen LogP contribution in [0.5, 0.6) is 0 Å². The molecule has 0 unspecified atom stereocenters. The average Bonchev–Trinajstić information content (AvgIpc) is 2.19. The first-order chi connectivity index (χ1) is 7.45. The maximum absolute atomic E-state index is 11.6. The Kier molecular flexibility index (Phi) is 4.58. The van der Waals surface area contributed by atoms with Crippen molar-refractivity contribution in [1.82, 2.24) is 0 Å². The number of anilines is 1. The van der Waals surface area contributed by atoms with E-state index in [2.05, 4.69) is 0 Å². The Morgan fingerprint density at radius 1 is 1.31 bits per heavy atom. The van der Waals surface area contributed by atoms with Crippen LogP contribution in [0, 0.1) is 0 Å². The molecule has 0 aliphatic rings. The summed E-state index contributed by atoms with van der Waals surface area (Å²) in [4.78, 5) is 0. The topological polar surface area (TPSA) is 63.4 Å². The van der Waals surface area contributed by atoms with E-state index in [1.807, 2.05) is 0 Å². The van der Waals surface area contributed by atoms with Crippen molar-refractivity contribution in [2.45, 2.75) is 6.42 Å². The molecule has 1 aromatic carbocycles. The summed E-state index contributed by atoms with van der Waals surface area (Å²) in [5.74, 6) is 0. The fourth-order valence-electron chi connectivity index (χ4n) is 1.33. The third-order valence-corrected chi connectivity index (χ3v) is 3.53. The van der Waals surface area contributed by atoms with Crippen LogP contribution in [-0.2, 0) is 10.0 Å². The number of nitrogens with zero attached hydrogens (tertiary/aromatic N) is 1. The molecule has 6 heteroatoms. The molecule has 2 N–H and O–H groups in total. The molecule has 0 fully saturated rings. The summed E-state index contributed by atoms with van der Waals surface area (Å²) < 4.78 is 24.5. The summed E-state index contributed by atoms with van der Waals surface area (Å²) in [6.45, 7) is 0.844. The Morgan fingerprint density at radius 2 is 1.88 bits per heavy atom. The lowest BCUT2D eigenvalue weighted by molar-refractivity contribution is 0.595. The molecule has 0 heterocycles. The first-order valence-corrected chi connectivity index (χ1v) is 7.11. The Hall–Kier alpha value is -0.780. The summed E-state index contributed by atoms with van der Waals surface area (Å²) in [6.07, 6.45) is 1.80. The van der Waals surface area contributed by atoms with Gasteiger partial charge in [-0.1, -0.05) is 11.6 Å². The summed E-state index contributed by atoms with van der Waals surface area (Å²) in [5.41, 5.74) is 5.99. The summed E-state index contributed by atoms with van der Waals surface area (Å²) in [5, 5.41) is 0.580. The van der Waals surface area contributed by atoms with Gasteiger partial charge in [-0.3, -0.25) is 4.31 Å². The van der Waals surface area contributed by atoms with E-state index >= 15 is 0 Å². The van der Waals surface area contributed by atoms with Crippen LogP contribution >= 0.6 is 11.6 Å². The summed E-state index contributed by atoms with van der Waals surface area (Å²) >= 11 is 5.75. The van der Waals surface area contributed by atoms with Gasteiger partial charge < -0.3 is 5.73 Å². The first kappa shape index (κ1) is 13.3. The van der Waals surface area contributed by atoms with Crippen LogP contribution in [0.15, 0.2) is 24.3 Å². The Balaban J connectivity index is 2.97. The molecule has 0 saturated heterocycles. The predicted molar refractivity (Wildman–Crippen MR) is 67.3 cm³/mol. The highest BCUT2D eigenvalue weighted by molar-refractivity contribution is 7.92. The van der Waals surface area contributed by atoms with Crippen LogP contribution in [0.3, 0.4) is 0 Å². The fourth-order valence-corrected chi connectivity index (χ4v) is 2.42. The van der Waals surface area contributed by atoms with Gasteiger partial charge in [0.25, 0.3) is 0 Å². The number of benzene rings is 1. The van der Waals surface area contributed by atoms with Crippen molar-refractivity contribution in [2.75, 3.05) is 23.7 Å². The average molecular weight is 263 g/mol. The van der Waals surface area contributed by atoms with Gasteiger partial charge in [-0.2, -0.15) is 0 Å². The minimum atomic E-state index is -3.27. The molecule has 0 spiro atoms. The molecule has 90 valence electrons. The van der Waals surface area contributed by atoms with Crippen LogP contribution in [0.2, 0.25) is 5.02 Å². The predicted octanol–water partition coefficient (Wildman–Crippen LogP) is 1.45. The highest BCUT2D eigenvalue weighted by Crippen LogP contribution is 2.20. The van der Waals surface area contributed by atoms with Crippen LogP contribution < -0.4 is 10.0 Å². The van der Waals surface area contributed by atoms with Crippen molar-refractivity contribution in [3.8, 4) is 0 Å². The largest absolute Gasteiger partial charge is 0.330 e. The molecule has 0 aliphatic carbocycles. The van der Waals surface area contributed by atoms with Gasteiger partial charge in [0, 0.05) is 11.6 Å². The van der Waals surface area contributed by atoms with E-state index in [4.69, 9.17) is 17.3 Å². The Morgan fingerprint density at radius 3 is 2.31 bits per heavy atom. The van der Waals surface area contributed by atoms with Gasteiger partial charge in [-0.25, -0.2) is 8.42 Å². The molecule has 0 aliphatic heterocycles. The lowest BCUT2D eigenvalue weighted by atomic mass is 10.3. The highest BCUT2D eigenvalue weighted by atomic mass is 35.5. The lowest BCUT2D eigenvalue weighted by Gasteiger charge is -2.22. The zero-order valence-corrected chi connectivity index (χ0v) is 10.6. The monoisotopic (exact) mass is 262 g/mol. The fraction of sp³-hybridized carbons (Fsp3) is 0.400. The van der Waals surface area contributed by atoms with Gasteiger partial charge in [0.15, 0.2) is 0 Å². The van der Waals surface area contributed by atoms with E-state index in [9.17, 15) is 8.42 Å².